The van der Waals surface area contributed by atoms with Crippen LogP contribution in [0.15, 0.2) is 86.5 Å². The van der Waals surface area contributed by atoms with Crippen LogP contribution < -0.4 is 16.0 Å². The Morgan fingerprint density at radius 2 is 1.68 bits per heavy atom. The van der Waals surface area contributed by atoms with E-state index in [1.165, 1.54) is 44.2 Å². The summed E-state index contributed by atoms with van der Waals surface area (Å²) in [5.74, 6) is 2.68. The molecular formula is C32H41ClFN7. The third-order valence-electron chi connectivity index (χ3n) is 6.54. The summed E-state index contributed by atoms with van der Waals surface area (Å²) >= 11 is 6.07. The second-order valence-electron chi connectivity index (χ2n) is 9.87. The Morgan fingerprint density at radius 1 is 0.927 bits per heavy atom. The van der Waals surface area contributed by atoms with Crippen LogP contribution in [0, 0.1) is 11.7 Å². The maximum absolute atomic E-state index is 13.3. The van der Waals surface area contributed by atoms with Crippen LogP contribution in [0.5, 0.6) is 0 Å². The maximum Gasteiger partial charge on any atom is 0.226 e. The average molecular weight is 578 g/mol. The highest BCUT2D eigenvalue weighted by atomic mass is 35.5. The molecule has 7 nitrogen and oxygen atoms in total. The Labute approximate surface area is 248 Å². The standard InChI is InChI=1S/C23H23ClFN7.C7H14.C2H4/c24-19-5-1-3-17(11-19)15-29-23-30-21(13-22(31-23)32-10-9-27-16-32)28-8-7-26-14-18-4-2-6-20(25)12-18;1-7-5-3-2-4-6-7;1-2/h1-6,9-13,16,26H,7-8,14-15H2,(H2,28,29,30,31);7H,2-6H2,1H3;1-2H2. The van der Waals surface area contributed by atoms with Crippen molar-refractivity contribution in [1.82, 2.24) is 24.8 Å². The number of hydrogen-bond donors (Lipinski definition) is 3. The molecule has 41 heavy (non-hydrogen) atoms. The predicted molar refractivity (Wildman–Crippen MR) is 168 cm³/mol. The number of rotatable bonds is 10. The van der Waals surface area contributed by atoms with Crippen molar-refractivity contribution in [3.63, 3.8) is 0 Å². The van der Waals surface area contributed by atoms with E-state index in [0.717, 1.165) is 17.0 Å². The molecule has 0 atom stereocenters. The molecule has 218 valence electrons. The average Bonchev–Trinajstić information content (AvgIpc) is 3.53. The molecule has 5 rings (SSSR count). The van der Waals surface area contributed by atoms with E-state index in [-0.39, 0.29) is 5.82 Å². The SMILES string of the molecule is C=C.CC1CCCCC1.Fc1cccc(CNCCNc2cc(-n3ccnc3)nc(NCc3cccc(Cl)c3)n2)c1. The van der Waals surface area contributed by atoms with Crippen LogP contribution in [0.3, 0.4) is 0 Å². The van der Waals surface area contributed by atoms with E-state index in [9.17, 15) is 4.39 Å². The van der Waals surface area contributed by atoms with Gasteiger partial charge in [-0.1, -0.05) is 74.9 Å². The van der Waals surface area contributed by atoms with Crippen LogP contribution in [0.25, 0.3) is 5.82 Å². The normalized spacial score (nSPS) is 12.9. The van der Waals surface area contributed by atoms with Crippen molar-refractivity contribution in [2.75, 3.05) is 23.7 Å². The van der Waals surface area contributed by atoms with Crippen molar-refractivity contribution >= 4 is 23.4 Å². The first-order valence-corrected chi connectivity index (χ1v) is 14.5. The van der Waals surface area contributed by atoms with Crippen LogP contribution in [-0.2, 0) is 13.1 Å². The second kappa shape index (κ2) is 17.8. The Bertz CT molecular complexity index is 1290. The number of halogens is 2. The molecule has 1 aliphatic carbocycles. The minimum atomic E-state index is -0.228. The summed E-state index contributed by atoms with van der Waals surface area (Å²) < 4.78 is 15.1. The van der Waals surface area contributed by atoms with Gasteiger partial charge in [-0.3, -0.25) is 4.57 Å². The lowest BCUT2D eigenvalue weighted by Crippen LogP contribution is -2.22. The zero-order valence-corrected chi connectivity index (χ0v) is 24.6. The topological polar surface area (TPSA) is 79.7 Å². The monoisotopic (exact) mass is 577 g/mol. The third-order valence-corrected chi connectivity index (χ3v) is 6.78. The number of imidazole rings is 1. The van der Waals surface area contributed by atoms with E-state index in [4.69, 9.17) is 11.6 Å². The van der Waals surface area contributed by atoms with Gasteiger partial charge >= 0.3 is 0 Å². The molecule has 0 bridgehead atoms. The van der Waals surface area contributed by atoms with Crippen LogP contribution in [-0.4, -0.2) is 32.6 Å². The molecule has 2 heterocycles. The van der Waals surface area contributed by atoms with Crippen molar-refractivity contribution in [3.8, 4) is 5.82 Å². The minimum Gasteiger partial charge on any atom is -0.369 e. The molecule has 0 radical (unpaired) electrons. The molecule has 1 saturated carbocycles. The number of aromatic nitrogens is 4. The maximum atomic E-state index is 13.3. The number of nitrogens with one attached hydrogen (secondary N) is 3. The highest BCUT2D eigenvalue weighted by Crippen LogP contribution is 2.22. The lowest BCUT2D eigenvalue weighted by atomic mass is 9.91. The Morgan fingerprint density at radius 3 is 2.34 bits per heavy atom. The largest absolute Gasteiger partial charge is 0.369 e. The quantitative estimate of drug-likeness (QED) is 0.133. The lowest BCUT2D eigenvalue weighted by molar-refractivity contribution is 0.385. The van der Waals surface area contributed by atoms with Gasteiger partial charge in [0.1, 0.15) is 23.8 Å². The number of hydrogen-bond acceptors (Lipinski definition) is 6. The number of nitrogens with zero attached hydrogens (tertiary/aromatic N) is 4. The van der Waals surface area contributed by atoms with Crippen LogP contribution >= 0.6 is 11.6 Å². The summed E-state index contributed by atoms with van der Waals surface area (Å²) in [6.45, 7) is 10.8. The Hall–Kier alpha value is -3.75. The number of anilines is 2. The summed E-state index contributed by atoms with van der Waals surface area (Å²) in [7, 11) is 0. The van der Waals surface area contributed by atoms with Crippen LogP contribution in [0.4, 0.5) is 16.2 Å². The van der Waals surface area contributed by atoms with E-state index in [2.05, 4.69) is 51.0 Å². The smallest absolute Gasteiger partial charge is 0.226 e. The molecular weight excluding hydrogens is 537 g/mol. The molecule has 2 aromatic carbocycles. The van der Waals surface area contributed by atoms with Crippen LogP contribution in [0.1, 0.15) is 50.2 Å². The molecule has 9 heteroatoms. The van der Waals surface area contributed by atoms with Gasteiger partial charge in [0.05, 0.1) is 0 Å². The van der Waals surface area contributed by atoms with Gasteiger partial charge in [0.15, 0.2) is 0 Å². The Balaban J connectivity index is 0.000000443. The van der Waals surface area contributed by atoms with Crippen molar-refractivity contribution < 1.29 is 4.39 Å². The van der Waals surface area contributed by atoms with Gasteiger partial charge < -0.3 is 16.0 Å². The van der Waals surface area contributed by atoms with Crippen molar-refractivity contribution in [2.24, 2.45) is 5.92 Å². The molecule has 0 amide bonds. The summed E-state index contributed by atoms with van der Waals surface area (Å²) in [6, 6.07) is 16.1. The summed E-state index contributed by atoms with van der Waals surface area (Å²) in [5, 5.41) is 10.5. The zero-order valence-electron chi connectivity index (χ0n) is 23.8. The van der Waals surface area contributed by atoms with Gasteiger partial charge in [0.25, 0.3) is 0 Å². The fourth-order valence-corrected chi connectivity index (χ4v) is 4.64. The van der Waals surface area contributed by atoms with Gasteiger partial charge in [-0.05, 0) is 41.3 Å². The predicted octanol–water partition coefficient (Wildman–Crippen LogP) is 7.66. The summed E-state index contributed by atoms with van der Waals surface area (Å²) in [4.78, 5) is 13.2. The molecule has 0 saturated heterocycles. The van der Waals surface area contributed by atoms with Gasteiger partial charge in [-0.15, -0.1) is 13.2 Å². The first kappa shape index (κ1) is 31.8. The molecule has 4 aromatic rings. The van der Waals surface area contributed by atoms with E-state index in [1.807, 2.05) is 47.2 Å². The molecule has 3 N–H and O–H groups in total. The summed E-state index contributed by atoms with van der Waals surface area (Å²) in [6.07, 6.45) is 12.7. The highest BCUT2D eigenvalue weighted by molar-refractivity contribution is 6.30. The molecule has 0 aliphatic heterocycles. The van der Waals surface area contributed by atoms with Crippen molar-refractivity contribution in [3.05, 3.63) is 108 Å². The minimum absolute atomic E-state index is 0.228. The lowest BCUT2D eigenvalue weighted by Gasteiger charge is -2.15. The van der Waals surface area contributed by atoms with Gasteiger partial charge in [-0.2, -0.15) is 9.97 Å². The highest BCUT2D eigenvalue weighted by Gasteiger charge is 2.08. The van der Waals surface area contributed by atoms with Gasteiger partial charge in [-0.25, -0.2) is 9.37 Å². The second-order valence-corrected chi connectivity index (χ2v) is 10.3. The number of benzene rings is 2. The summed E-state index contributed by atoms with van der Waals surface area (Å²) in [5.41, 5.74) is 1.94. The fraction of sp³-hybridized carbons (Fsp3) is 0.344. The van der Waals surface area contributed by atoms with Crippen LogP contribution in [0.2, 0.25) is 5.02 Å². The van der Waals surface area contributed by atoms with Crippen molar-refractivity contribution in [2.45, 2.75) is 52.1 Å². The van der Waals surface area contributed by atoms with Gasteiger partial charge in [0.2, 0.25) is 5.95 Å². The van der Waals surface area contributed by atoms with E-state index >= 15 is 0 Å². The molecule has 0 unspecified atom stereocenters. The van der Waals surface area contributed by atoms with E-state index in [1.54, 1.807) is 18.6 Å². The van der Waals surface area contributed by atoms with Crippen molar-refractivity contribution in [1.29, 1.82) is 0 Å². The molecule has 1 fully saturated rings. The first-order valence-electron chi connectivity index (χ1n) is 14.1. The molecule has 1 aliphatic rings. The fourth-order valence-electron chi connectivity index (χ4n) is 4.42. The Kier molecular flexibility index (Phi) is 13.8. The first-order chi connectivity index (χ1) is 20.0. The molecule has 0 spiro atoms. The zero-order chi connectivity index (χ0) is 29.3. The van der Waals surface area contributed by atoms with E-state index in [0.29, 0.717) is 48.8 Å². The van der Waals surface area contributed by atoms with Gasteiger partial charge in [0, 0.05) is 49.7 Å². The van der Waals surface area contributed by atoms with E-state index < -0.39 is 0 Å². The third kappa shape index (κ3) is 11.7. The molecule has 2 aromatic heterocycles.